The van der Waals surface area contributed by atoms with Gasteiger partial charge in [-0.05, 0) is 13.8 Å². The number of nitrogens with two attached hydrogens (primary N) is 1. The molecule has 2 heterocycles. The van der Waals surface area contributed by atoms with E-state index in [0.29, 0.717) is 11.8 Å². The predicted molar refractivity (Wildman–Crippen MR) is 53.0 cm³/mol. The van der Waals surface area contributed by atoms with Crippen molar-refractivity contribution in [3.05, 3.63) is 30.0 Å². The summed E-state index contributed by atoms with van der Waals surface area (Å²) in [6.45, 7) is 3.77. The first-order chi connectivity index (χ1) is 6.66. The minimum Gasteiger partial charge on any atom is -0.384 e. The van der Waals surface area contributed by atoms with Crippen molar-refractivity contribution in [2.24, 2.45) is 0 Å². The van der Waals surface area contributed by atoms with Crippen molar-refractivity contribution in [2.75, 3.05) is 5.73 Å². The third kappa shape index (κ3) is 1.44. The minimum absolute atomic E-state index is 0.473. The number of rotatable bonds is 1. The molecular formula is C9H11N5. The van der Waals surface area contributed by atoms with Crippen LogP contribution in [0, 0.1) is 13.8 Å². The minimum atomic E-state index is 0.473. The van der Waals surface area contributed by atoms with Gasteiger partial charge in [-0.2, -0.15) is 4.98 Å². The molecule has 72 valence electrons. The van der Waals surface area contributed by atoms with Gasteiger partial charge >= 0.3 is 0 Å². The van der Waals surface area contributed by atoms with E-state index < -0.39 is 0 Å². The lowest BCUT2D eigenvalue weighted by Crippen LogP contribution is -2.05. The summed E-state index contributed by atoms with van der Waals surface area (Å²) in [5, 5.41) is 0. The van der Waals surface area contributed by atoms with Crippen LogP contribution in [-0.2, 0) is 0 Å². The lowest BCUT2D eigenvalue weighted by atomic mass is 10.4. The molecule has 5 nitrogen and oxygen atoms in total. The third-order valence-corrected chi connectivity index (χ3v) is 1.90. The van der Waals surface area contributed by atoms with E-state index in [4.69, 9.17) is 5.73 Å². The molecule has 14 heavy (non-hydrogen) atoms. The molecule has 0 bridgehead atoms. The Morgan fingerprint density at radius 2 is 2.07 bits per heavy atom. The number of hydrogen-bond donors (Lipinski definition) is 1. The number of nitrogen functional groups attached to an aromatic ring is 1. The molecule has 0 saturated heterocycles. The van der Waals surface area contributed by atoms with Gasteiger partial charge in [0, 0.05) is 24.2 Å². The Morgan fingerprint density at radius 3 is 2.64 bits per heavy atom. The van der Waals surface area contributed by atoms with Gasteiger partial charge in [0.25, 0.3) is 0 Å². The smallest absolute Gasteiger partial charge is 0.237 e. The van der Waals surface area contributed by atoms with Crippen LogP contribution in [0.3, 0.4) is 0 Å². The first kappa shape index (κ1) is 8.68. The average molecular weight is 189 g/mol. The monoisotopic (exact) mass is 189 g/mol. The highest BCUT2D eigenvalue weighted by Gasteiger charge is 2.04. The lowest BCUT2D eigenvalue weighted by molar-refractivity contribution is 0.875. The topological polar surface area (TPSA) is 69.6 Å². The first-order valence-electron chi connectivity index (χ1n) is 4.28. The molecule has 2 aromatic heterocycles. The summed E-state index contributed by atoms with van der Waals surface area (Å²) in [5.74, 6) is 1.88. The van der Waals surface area contributed by atoms with E-state index >= 15 is 0 Å². The molecule has 0 saturated carbocycles. The van der Waals surface area contributed by atoms with Crippen molar-refractivity contribution in [2.45, 2.75) is 13.8 Å². The molecule has 0 unspecified atom stereocenters. The largest absolute Gasteiger partial charge is 0.384 e. The van der Waals surface area contributed by atoms with Gasteiger partial charge in [-0.25, -0.2) is 9.97 Å². The number of aryl methyl sites for hydroxylation is 2. The summed E-state index contributed by atoms with van der Waals surface area (Å²) in [4.78, 5) is 12.5. The van der Waals surface area contributed by atoms with E-state index in [0.717, 1.165) is 11.5 Å². The van der Waals surface area contributed by atoms with Crippen LogP contribution in [0.4, 0.5) is 5.82 Å². The maximum absolute atomic E-state index is 5.63. The van der Waals surface area contributed by atoms with Gasteiger partial charge in [0.15, 0.2) is 0 Å². The van der Waals surface area contributed by atoms with Crippen molar-refractivity contribution >= 4 is 5.82 Å². The maximum atomic E-state index is 5.63. The first-order valence-corrected chi connectivity index (χ1v) is 4.28. The lowest BCUT2D eigenvalue weighted by Gasteiger charge is -2.04. The molecule has 0 aliphatic rings. The standard InChI is InChI=1S/C9H11N5/c1-6-5-8(10)13-9(12-6)14-4-3-11-7(14)2/h3-5H,1-2H3,(H2,10,12,13). The van der Waals surface area contributed by atoms with Crippen LogP contribution < -0.4 is 5.73 Å². The molecule has 0 radical (unpaired) electrons. The second-order valence-electron chi connectivity index (χ2n) is 3.08. The molecule has 0 spiro atoms. The number of aromatic nitrogens is 4. The third-order valence-electron chi connectivity index (χ3n) is 1.90. The Kier molecular flexibility index (Phi) is 1.92. The van der Waals surface area contributed by atoms with Crippen LogP contribution in [0.1, 0.15) is 11.5 Å². The quantitative estimate of drug-likeness (QED) is 0.722. The zero-order valence-electron chi connectivity index (χ0n) is 8.10. The summed E-state index contributed by atoms with van der Waals surface area (Å²) in [6, 6.07) is 1.73. The number of hydrogen-bond acceptors (Lipinski definition) is 4. The van der Waals surface area contributed by atoms with Gasteiger partial charge in [-0.1, -0.05) is 0 Å². The summed E-state index contributed by atoms with van der Waals surface area (Å²) < 4.78 is 1.80. The van der Waals surface area contributed by atoms with Crippen LogP contribution in [-0.4, -0.2) is 19.5 Å². The Morgan fingerprint density at radius 1 is 1.29 bits per heavy atom. The van der Waals surface area contributed by atoms with Crippen molar-refractivity contribution in [1.82, 2.24) is 19.5 Å². The summed E-state index contributed by atoms with van der Waals surface area (Å²) in [7, 11) is 0. The molecule has 0 amide bonds. The fourth-order valence-electron chi connectivity index (χ4n) is 1.27. The molecule has 0 aliphatic carbocycles. The number of imidazole rings is 1. The van der Waals surface area contributed by atoms with E-state index in [1.165, 1.54) is 0 Å². The van der Waals surface area contributed by atoms with E-state index in [-0.39, 0.29) is 0 Å². The molecule has 5 heteroatoms. The average Bonchev–Trinajstić information content (AvgIpc) is 2.49. The summed E-state index contributed by atoms with van der Waals surface area (Å²) in [6.07, 6.45) is 3.51. The fraction of sp³-hybridized carbons (Fsp3) is 0.222. The van der Waals surface area contributed by atoms with Crippen molar-refractivity contribution in [3.8, 4) is 5.95 Å². The van der Waals surface area contributed by atoms with E-state index in [9.17, 15) is 0 Å². The maximum Gasteiger partial charge on any atom is 0.237 e. The molecule has 0 aromatic carbocycles. The Balaban J connectivity index is 2.57. The highest BCUT2D eigenvalue weighted by atomic mass is 15.2. The summed E-state index contributed by atoms with van der Waals surface area (Å²) in [5.41, 5.74) is 6.48. The molecule has 0 aliphatic heterocycles. The Bertz CT molecular complexity index is 440. The zero-order valence-corrected chi connectivity index (χ0v) is 8.10. The van der Waals surface area contributed by atoms with Crippen LogP contribution in [0.5, 0.6) is 0 Å². The van der Waals surface area contributed by atoms with Gasteiger partial charge in [0.1, 0.15) is 11.6 Å². The highest BCUT2D eigenvalue weighted by molar-refractivity contribution is 5.33. The SMILES string of the molecule is Cc1cc(N)nc(-n2ccnc2C)n1. The summed E-state index contributed by atoms with van der Waals surface area (Å²) >= 11 is 0. The van der Waals surface area contributed by atoms with Gasteiger partial charge in [-0.3, -0.25) is 4.57 Å². The van der Waals surface area contributed by atoms with Crippen molar-refractivity contribution in [3.63, 3.8) is 0 Å². The fourth-order valence-corrected chi connectivity index (χ4v) is 1.27. The van der Waals surface area contributed by atoms with E-state index in [2.05, 4.69) is 15.0 Å². The van der Waals surface area contributed by atoms with Crippen LogP contribution in [0.2, 0.25) is 0 Å². The zero-order chi connectivity index (χ0) is 10.1. The molecule has 2 N–H and O–H groups in total. The molecule has 2 rings (SSSR count). The van der Waals surface area contributed by atoms with E-state index in [1.54, 1.807) is 16.8 Å². The van der Waals surface area contributed by atoms with Gasteiger partial charge in [0.2, 0.25) is 5.95 Å². The molecule has 2 aromatic rings. The van der Waals surface area contributed by atoms with Crippen LogP contribution in [0.15, 0.2) is 18.5 Å². The van der Waals surface area contributed by atoms with Crippen LogP contribution in [0.25, 0.3) is 5.95 Å². The number of nitrogens with zero attached hydrogens (tertiary/aromatic N) is 4. The van der Waals surface area contributed by atoms with Gasteiger partial charge < -0.3 is 5.73 Å². The van der Waals surface area contributed by atoms with Gasteiger partial charge in [0.05, 0.1) is 0 Å². The number of anilines is 1. The van der Waals surface area contributed by atoms with E-state index in [1.807, 2.05) is 20.0 Å². The molecule has 0 fully saturated rings. The van der Waals surface area contributed by atoms with Crippen molar-refractivity contribution < 1.29 is 0 Å². The van der Waals surface area contributed by atoms with Gasteiger partial charge in [-0.15, -0.1) is 0 Å². The Hall–Kier alpha value is -1.91. The second kappa shape index (κ2) is 3.10. The normalized spacial score (nSPS) is 10.4. The van der Waals surface area contributed by atoms with Crippen molar-refractivity contribution in [1.29, 1.82) is 0 Å². The van der Waals surface area contributed by atoms with Crippen LogP contribution >= 0.6 is 0 Å². The second-order valence-corrected chi connectivity index (χ2v) is 3.08. The molecular weight excluding hydrogens is 178 g/mol. The molecule has 0 atom stereocenters. The predicted octanol–water partition coefficient (Wildman–Crippen LogP) is 0.861. The Labute approximate surface area is 81.6 Å². The highest BCUT2D eigenvalue weighted by Crippen LogP contribution is 2.08.